The van der Waals surface area contributed by atoms with Gasteiger partial charge in [-0.2, -0.15) is 0 Å². The van der Waals surface area contributed by atoms with Gasteiger partial charge in [0, 0.05) is 54.7 Å². The van der Waals surface area contributed by atoms with Crippen LogP contribution in [0, 0.1) is 0 Å². The van der Waals surface area contributed by atoms with Crippen LogP contribution in [0.25, 0.3) is 128 Å². The molecule has 0 fully saturated rings. The average Bonchev–Trinajstić information content (AvgIpc) is 4.03. The molecular formula is C57H34N4O2. The molecule has 0 aliphatic heterocycles. The van der Waals surface area contributed by atoms with Crippen LogP contribution in [0.1, 0.15) is 0 Å². The first-order valence-electron chi connectivity index (χ1n) is 21.1. The Hall–Kier alpha value is -8.61. The van der Waals surface area contributed by atoms with Crippen molar-refractivity contribution < 1.29 is 8.83 Å². The molecule has 0 aliphatic carbocycles. The summed E-state index contributed by atoms with van der Waals surface area (Å²) in [6.45, 7) is 0. The molecule has 4 heterocycles. The SMILES string of the molecule is c1ccc(-c2nc(-c3ccc4oc5ccccc5c4c3)nc(-c3cccc4oc5ccc(-c6ccccc6-c6ccc7c(c6)c6ccccc6n7-c6ccccc6)cc5c34)n2)cc1. The number of rotatable bonds is 6. The third kappa shape index (κ3) is 5.69. The Kier molecular flexibility index (Phi) is 7.80. The van der Waals surface area contributed by atoms with E-state index in [4.69, 9.17) is 23.8 Å². The summed E-state index contributed by atoms with van der Waals surface area (Å²) in [5, 5.41) is 6.45. The van der Waals surface area contributed by atoms with E-state index in [0.717, 1.165) is 88.5 Å². The lowest BCUT2D eigenvalue weighted by molar-refractivity contribution is 0.668. The summed E-state index contributed by atoms with van der Waals surface area (Å²) >= 11 is 0. The molecule has 13 aromatic rings. The van der Waals surface area contributed by atoms with Crippen molar-refractivity contribution in [2.45, 2.75) is 0 Å². The Morgan fingerprint density at radius 1 is 0.302 bits per heavy atom. The molecule has 0 amide bonds. The quantitative estimate of drug-likeness (QED) is 0.167. The van der Waals surface area contributed by atoms with Gasteiger partial charge in [0.1, 0.15) is 22.3 Å². The van der Waals surface area contributed by atoms with Crippen LogP contribution >= 0.6 is 0 Å². The summed E-state index contributed by atoms with van der Waals surface area (Å²) in [7, 11) is 0. The van der Waals surface area contributed by atoms with Gasteiger partial charge in [-0.15, -0.1) is 0 Å². The van der Waals surface area contributed by atoms with Crippen LogP contribution in [0.3, 0.4) is 0 Å². The van der Waals surface area contributed by atoms with E-state index < -0.39 is 0 Å². The maximum absolute atomic E-state index is 6.57. The molecule has 63 heavy (non-hydrogen) atoms. The van der Waals surface area contributed by atoms with Crippen molar-refractivity contribution in [3.63, 3.8) is 0 Å². The van der Waals surface area contributed by atoms with Gasteiger partial charge >= 0.3 is 0 Å². The molecule has 9 aromatic carbocycles. The zero-order valence-corrected chi connectivity index (χ0v) is 33.7. The minimum Gasteiger partial charge on any atom is -0.456 e. The number of benzene rings is 9. The first-order valence-corrected chi connectivity index (χ1v) is 21.1. The van der Waals surface area contributed by atoms with Gasteiger partial charge in [0.25, 0.3) is 0 Å². The molecule has 6 heteroatoms. The van der Waals surface area contributed by atoms with Crippen molar-refractivity contribution in [1.82, 2.24) is 19.5 Å². The number of hydrogen-bond donors (Lipinski definition) is 0. The van der Waals surface area contributed by atoms with E-state index in [-0.39, 0.29) is 0 Å². The second-order valence-corrected chi connectivity index (χ2v) is 15.9. The van der Waals surface area contributed by atoms with E-state index >= 15 is 0 Å². The Morgan fingerprint density at radius 3 is 1.63 bits per heavy atom. The van der Waals surface area contributed by atoms with Crippen LogP contribution in [-0.2, 0) is 0 Å². The molecule has 0 saturated carbocycles. The lowest BCUT2D eigenvalue weighted by Gasteiger charge is -2.12. The highest BCUT2D eigenvalue weighted by molar-refractivity contribution is 6.14. The topological polar surface area (TPSA) is 69.9 Å². The molecule has 0 unspecified atom stereocenters. The summed E-state index contributed by atoms with van der Waals surface area (Å²) in [6, 6.07) is 71.7. The smallest absolute Gasteiger partial charge is 0.164 e. The van der Waals surface area contributed by atoms with E-state index in [2.05, 4.69) is 138 Å². The van der Waals surface area contributed by atoms with Crippen molar-refractivity contribution in [3.05, 3.63) is 206 Å². The summed E-state index contributed by atoms with van der Waals surface area (Å²) in [5.41, 5.74) is 13.9. The minimum atomic E-state index is 0.568. The van der Waals surface area contributed by atoms with Crippen molar-refractivity contribution >= 4 is 65.7 Å². The number of aromatic nitrogens is 4. The summed E-state index contributed by atoms with van der Waals surface area (Å²) in [5.74, 6) is 1.74. The van der Waals surface area contributed by atoms with E-state index in [1.807, 2.05) is 72.8 Å². The Bertz CT molecular complexity index is 3920. The molecule has 4 aromatic heterocycles. The lowest BCUT2D eigenvalue weighted by atomic mass is 9.92. The lowest BCUT2D eigenvalue weighted by Crippen LogP contribution is -2.00. The van der Waals surface area contributed by atoms with Crippen LogP contribution in [0.15, 0.2) is 215 Å². The van der Waals surface area contributed by atoms with Crippen molar-refractivity contribution in [2.75, 3.05) is 0 Å². The van der Waals surface area contributed by atoms with Gasteiger partial charge in [-0.25, -0.2) is 15.0 Å². The maximum Gasteiger partial charge on any atom is 0.164 e. The van der Waals surface area contributed by atoms with E-state index in [9.17, 15) is 0 Å². The van der Waals surface area contributed by atoms with Crippen LogP contribution in [-0.4, -0.2) is 19.5 Å². The maximum atomic E-state index is 6.57. The van der Waals surface area contributed by atoms with Gasteiger partial charge in [-0.1, -0.05) is 133 Å². The normalized spacial score (nSPS) is 11.8. The fraction of sp³-hybridized carbons (Fsp3) is 0. The molecule has 0 bridgehead atoms. The molecular weight excluding hydrogens is 773 g/mol. The fourth-order valence-corrected chi connectivity index (χ4v) is 9.37. The van der Waals surface area contributed by atoms with Gasteiger partial charge in [-0.05, 0) is 95.1 Å². The van der Waals surface area contributed by atoms with Gasteiger partial charge < -0.3 is 13.4 Å². The zero-order chi connectivity index (χ0) is 41.4. The molecule has 0 aliphatic rings. The predicted octanol–water partition coefficient (Wildman–Crippen LogP) is 15.1. The first-order chi connectivity index (χ1) is 31.2. The molecule has 0 saturated heterocycles. The number of nitrogens with zero attached hydrogens (tertiary/aromatic N) is 4. The summed E-state index contributed by atoms with van der Waals surface area (Å²) in [4.78, 5) is 15.4. The van der Waals surface area contributed by atoms with E-state index in [1.165, 1.54) is 21.8 Å². The third-order valence-electron chi connectivity index (χ3n) is 12.3. The first kappa shape index (κ1) is 35.2. The van der Waals surface area contributed by atoms with Crippen LogP contribution in [0.4, 0.5) is 0 Å². The highest BCUT2D eigenvalue weighted by Crippen LogP contribution is 2.42. The Morgan fingerprint density at radius 2 is 0.825 bits per heavy atom. The van der Waals surface area contributed by atoms with Crippen molar-refractivity contribution in [2.24, 2.45) is 0 Å². The van der Waals surface area contributed by atoms with Gasteiger partial charge in [0.15, 0.2) is 17.5 Å². The molecule has 13 rings (SSSR count). The van der Waals surface area contributed by atoms with Gasteiger partial charge in [0.05, 0.1) is 11.0 Å². The molecule has 294 valence electrons. The standard InChI is InChI=1S/C57H34N4O2/c1-3-14-35(15-4-1)55-58-56(38-28-31-51-46(34-38)43-21-10-12-24-50(43)62-51)60-57(59-55)44-22-13-25-53-54(44)47-33-37(27-30-52(47)63-53)41-19-8-7-18-40(41)36-26-29-49-45(32-36)42-20-9-11-23-48(42)61(49)39-16-5-2-6-17-39/h1-34H. The van der Waals surface area contributed by atoms with E-state index in [0.29, 0.717) is 17.5 Å². The number of fused-ring (bicyclic) bond motifs is 9. The summed E-state index contributed by atoms with van der Waals surface area (Å²) in [6.07, 6.45) is 0. The molecule has 6 nitrogen and oxygen atoms in total. The van der Waals surface area contributed by atoms with Crippen molar-refractivity contribution in [3.8, 4) is 62.1 Å². The largest absolute Gasteiger partial charge is 0.456 e. The van der Waals surface area contributed by atoms with Gasteiger partial charge in [0.2, 0.25) is 0 Å². The highest BCUT2D eigenvalue weighted by Gasteiger charge is 2.20. The highest BCUT2D eigenvalue weighted by atomic mass is 16.3. The minimum absolute atomic E-state index is 0.568. The van der Waals surface area contributed by atoms with Gasteiger partial charge in [-0.3, -0.25) is 0 Å². The predicted molar refractivity (Wildman–Crippen MR) is 256 cm³/mol. The van der Waals surface area contributed by atoms with Crippen molar-refractivity contribution in [1.29, 1.82) is 0 Å². The molecule has 0 atom stereocenters. The monoisotopic (exact) mass is 806 g/mol. The van der Waals surface area contributed by atoms with Crippen LogP contribution in [0.2, 0.25) is 0 Å². The second-order valence-electron chi connectivity index (χ2n) is 15.9. The zero-order valence-electron chi connectivity index (χ0n) is 33.7. The number of furan rings is 2. The Balaban J connectivity index is 0.971. The average molecular weight is 807 g/mol. The Labute approximate surface area is 361 Å². The van der Waals surface area contributed by atoms with Crippen LogP contribution < -0.4 is 0 Å². The molecule has 0 N–H and O–H groups in total. The molecule has 0 radical (unpaired) electrons. The summed E-state index contributed by atoms with van der Waals surface area (Å²) < 4.78 is 15.1. The third-order valence-corrected chi connectivity index (χ3v) is 12.3. The molecule has 0 spiro atoms. The second kappa shape index (κ2) is 14.0. The van der Waals surface area contributed by atoms with E-state index in [1.54, 1.807) is 0 Å². The number of hydrogen-bond acceptors (Lipinski definition) is 5. The fourth-order valence-electron chi connectivity index (χ4n) is 9.37. The van der Waals surface area contributed by atoms with Crippen LogP contribution in [0.5, 0.6) is 0 Å². The number of para-hydroxylation sites is 3.